The summed E-state index contributed by atoms with van der Waals surface area (Å²) in [6.07, 6.45) is 3.66. The number of hydrogen-bond acceptors (Lipinski definition) is 3. The first kappa shape index (κ1) is 18.8. The molecule has 1 aromatic heterocycles. The van der Waals surface area contributed by atoms with Gasteiger partial charge in [-0.25, -0.2) is 4.98 Å². The topological polar surface area (TPSA) is 46.3 Å². The SMILES string of the molecule is OC1(c2oc(-c3ccccc3)nc2-c2ccccc2)CCCCC1c1ccccc1. The third-order valence-corrected chi connectivity index (χ3v) is 6.17. The fourth-order valence-corrected chi connectivity index (χ4v) is 4.66. The maximum absolute atomic E-state index is 12.1. The van der Waals surface area contributed by atoms with E-state index in [0.717, 1.165) is 41.6 Å². The Kier molecular flexibility index (Phi) is 4.97. The molecular weight excluding hydrogens is 370 g/mol. The van der Waals surface area contributed by atoms with Crippen molar-refractivity contribution in [3.63, 3.8) is 0 Å². The summed E-state index contributed by atoms with van der Waals surface area (Å²) in [5.41, 5.74) is 2.67. The van der Waals surface area contributed by atoms with Crippen LogP contribution in [0.2, 0.25) is 0 Å². The predicted octanol–water partition coefficient (Wildman–Crippen LogP) is 6.55. The van der Waals surface area contributed by atoms with Gasteiger partial charge in [-0.3, -0.25) is 0 Å². The van der Waals surface area contributed by atoms with Gasteiger partial charge in [0.25, 0.3) is 0 Å². The van der Waals surface area contributed by atoms with Gasteiger partial charge in [-0.1, -0.05) is 91.7 Å². The van der Waals surface area contributed by atoms with Crippen molar-refractivity contribution < 1.29 is 9.52 Å². The van der Waals surface area contributed by atoms with E-state index in [0.29, 0.717) is 18.1 Å². The first-order chi connectivity index (χ1) is 14.8. The molecule has 0 spiro atoms. The minimum absolute atomic E-state index is 0.0218. The smallest absolute Gasteiger partial charge is 0.227 e. The molecule has 3 aromatic carbocycles. The molecule has 0 radical (unpaired) electrons. The molecule has 3 heteroatoms. The lowest BCUT2D eigenvalue weighted by Crippen LogP contribution is -2.36. The van der Waals surface area contributed by atoms with Crippen LogP contribution in [-0.2, 0) is 5.60 Å². The van der Waals surface area contributed by atoms with Gasteiger partial charge in [0.15, 0.2) is 5.76 Å². The third-order valence-electron chi connectivity index (χ3n) is 6.17. The van der Waals surface area contributed by atoms with Crippen LogP contribution >= 0.6 is 0 Å². The second kappa shape index (κ2) is 7.92. The molecule has 0 aliphatic heterocycles. The molecular formula is C27H25NO2. The minimum Gasteiger partial charge on any atom is -0.437 e. The Balaban J connectivity index is 1.69. The van der Waals surface area contributed by atoms with E-state index in [1.807, 2.05) is 78.9 Å². The molecule has 3 nitrogen and oxygen atoms in total. The van der Waals surface area contributed by atoms with Crippen molar-refractivity contribution >= 4 is 0 Å². The molecule has 0 saturated heterocycles. The van der Waals surface area contributed by atoms with Crippen LogP contribution in [0.15, 0.2) is 95.4 Å². The minimum atomic E-state index is -1.09. The van der Waals surface area contributed by atoms with Gasteiger partial charge in [0.1, 0.15) is 11.3 Å². The van der Waals surface area contributed by atoms with E-state index >= 15 is 0 Å². The van der Waals surface area contributed by atoms with Crippen molar-refractivity contribution in [2.24, 2.45) is 0 Å². The highest BCUT2D eigenvalue weighted by atomic mass is 16.4. The Morgan fingerprint density at radius 3 is 2.03 bits per heavy atom. The van der Waals surface area contributed by atoms with Crippen LogP contribution in [0.3, 0.4) is 0 Å². The monoisotopic (exact) mass is 395 g/mol. The molecule has 0 bridgehead atoms. The van der Waals surface area contributed by atoms with Crippen LogP contribution in [-0.4, -0.2) is 10.1 Å². The summed E-state index contributed by atoms with van der Waals surface area (Å²) < 4.78 is 6.39. The van der Waals surface area contributed by atoms with Gasteiger partial charge in [-0.2, -0.15) is 0 Å². The number of rotatable bonds is 4. The molecule has 1 aliphatic rings. The van der Waals surface area contributed by atoms with Crippen molar-refractivity contribution in [3.8, 4) is 22.7 Å². The Labute approximate surface area is 177 Å². The van der Waals surface area contributed by atoms with E-state index in [4.69, 9.17) is 9.40 Å². The fourth-order valence-electron chi connectivity index (χ4n) is 4.66. The van der Waals surface area contributed by atoms with Crippen LogP contribution in [0.1, 0.15) is 42.9 Å². The molecule has 4 aromatic rings. The number of nitrogens with zero attached hydrogens (tertiary/aromatic N) is 1. The number of oxazole rings is 1. The zero-order chi connectivity index (χ0) is 20.4. The van der Waals surface area contributed by atoms with Crippen LogP contribution in [0.5, 0.6) is 0 Å². The first-order valence-electron chi connectivity index (χ1n) is 10.7. The third kappa shape index (κ3) is 3.35. The highest BCUT2D eigenvalue weighted by Gasteiger charge is 2.46. The van der Waals surface area contributed by atoms with E-state index in [-0.39, 0.29) is 5.92 Å². The van der Waals surface area contributed by atoms with Gasteiger partial charge < -0.3 is 9.52 Å². The summed E-state index contributed by atoms with van der Waals surface area (Å²) in [6, 6.07) is 30.3. The average molecular weight is 396 g/mol. The molecule has 1 fully saturated rings. The molecule has 1 N–H and O–H groups in total. The average Bonchev–Trinajstić information content (AvgIpc) is 3.28. The van der Waals surface area contributed by atoms with Crippen molar-refractivity contribution in [2.75, 3.05) is 0 Å². The van der Waals surface area contributed by atoms with Crippen molar-refractivity contribution in [3.05, 3.63) is 102 Å². The van der Waals surface area contributed by atoms with Crippen LogP contribution in [0.25, 0.3) is 22.7 Å². The summed E-state index contributed by atoms with van der Waals surface area (Å²) in [7, 11) is 0. The largest absolute Gasteiger partial charge is 0.437 e. The van der Waals surface area contributed by atoms with E-state index in [1.54, 1.807) is 0 Å². The molecule has 150 valence electrons. The zero-order valence-electron chi connectivity index (χ0n) is 16.9. The Bertz CT molecular complexity index is 1110. The number of aromatic nitrogens is 1. The molecule has 1 saturated carbocycles. The van der Waals surface area contributed by atoms with E-state index in [2.05, 4.69) is 12.1 Å². The van der Waals surface area contributed by atoms with Gasteiger partial charge >= 0.3 is 0 Å². The lowest BCUT2D eigenvalue weighted by molar-refractivity contribution is -0.0393. The van der Waals surface area contributed by atoms with Crippen LogP contribution in [0, 0.1) is 0 Å². The summed E-state index contributed by atoms with van der Waals surface area (Å²) in [6.45, 7) is 0. The van der Waals surface area contributed by atoms with Crippen molar-refractivity contribution in [2.45, 2.75) is 37.2 Å². The van der Waals surface area contributed by atoms with Crippen molar-refractivity contribution in [1.29, 1.82) is 0 Å². The van der Waals surface area contributed by atoms with Gasteiger partial charge in [0, 0.05) is 17.0 Å². The highest BCUT2D eigenvalue weighted by molar-refractivity contribution is 5.67. The molecule has 2 atom stereocenters. The second-order valence-electron chi connectivity index (χ2n) is 8.06. The van der Waals surface area contributed by atoms with Crippen molar-refractivity contribution in [1.82, 2.24) is 4.98 Å². The Hall–Kier alpha value is -3.17. The molecule has 1 aliphatic carbocycles. The number of hydrogen-bond donors (Lipinski definition) is 1. The standard InChI is InChI=1S/C27H25NO2/c29-27(19-11-10-18-23(27)20-12-4-1-5-13-20)25-24(21-14-6-2-7-15-21)28-26(30-25)22-16-8-3-9-17-22/h1-9,12-17,23,29H,10-11,18-19H2. The zero-order valence-corrected chi connectivity index (χ0v) is 16.9. The van der Waals surface area contributed by atoms with Crippen LogP contribution < -0.4 is 0 Å². The highest BCUT2D eigenvalue weighted by Crippen LogP contribution is 2.50. The molecule has 0 amide bonds. The van der Waals surface area contributed by atoms with Gasteiger partial charge in [-0.05, 0) is 30.5 Å². The Morgan fingerprint density at radius 2 is 1.37 bits per heavy atom. The lowest BCUT2D eigenvalue weighted by atomic mass is 9.70. The van der Waals surface area contributed by atoms with Gasteiger partial charge in [0.05, 0.1) is 0 Å². The normalized spacial score (nSPS) is 21.4. The maximum atomic E-state index is 12.1. The summed E-state index contributed by atoms with van der Waals surface area (Å²) in [5, 5.41) is 12.1. The lowest BCUT2D eigenvalue weighted by Gasteiger charge is -2.39. The fraction of sp³-hybridized carbons (Fsp3) is 0.222. The van der Waals surface area contributed by atoms with E-state index in [1.165, 1.54) is 0 Å². The quantitative estimate of drug-likeness (QED) is 0.426. The number of benzene rings is 3. The second-order valence-corrected chi connectivity index (χ2v) is 8.06. The summed E-state index contributed by atoms with van der Waals surface area (Å²) >= 11 is 0. The Morgan fingerprint density at radius 1 is 0.767 bits per heavy atom. The van der Waals surface area contributed by atoms with Crippen LogP contribution in [0.4, 0.5) is 0 Å². The molecule has 30 heavy (non-hydrogen) atoms. The van der Waals surface area contributed by atoms with Gasteiger partial charge in [0.2, 0.25) is 5.89 Å². The number of aliphatic hydroxyl groups is 1. The summed E-state index contributed by atoms with van der Waals surface area (Å²) in [4.78, 5) is 4.87. The predicted molar refractivity (Wildman–Crippen MR) is 119 cm³/mol. The molecule has 2 unspecified atom stereocenters. The maximum Gasteiger partial charge on any atom is 0.227 e. The molecule has 1 heterocycles. The van der Waals surface area contributed by atoms with Gasteiger partial charge in [-0.15, -0.1) is 0 Å². The molecule has 5 rings (SSSR count). The first-order valence-corrected chi connectivity index (χ1v) is 10.7. The van der Waals surface area contributed by atoms with E-state index < -0.39 is 5.60 Å². The summed E-state index contributed by atoms with van der Waals surface area (Å²) in [5.74, 6) is 1.11. The van der Waals surface area contributed by atoms with E-state index in [9.17, 15) is 5.11 Å².